The Morgan fingerprint density at radius 2 is 1.96 bits per heavy atom. The van der Waals surface area contributed by atoms with Crippen molar-refractivity contribution in [3.8, 4) is 0 Å². The van der Waals surface area contributed by atoms with Crippen molar-refractivity contribution in [2.24, 2.45) is 0 Å². The van der Waals surface area contributed by atoms with Gasteiger partial charge in [0.05, 0.1) is 17.7 Å². The Kier molecular flexibility index (Phi) is 5.15. The topological polar surface area (TPSA) is 62.5 Å². The minimum Gasteiger partial charge on any atom is -0.478 e. The highest BCUT2D eigenvalue weighted by molar-refractivity contribution is 5.97. The van der Waals surface area contributed by atoms with Gasteiger partial charge in [-0.15, -0.1) is 0 Å². The number of fused-ring (bicyclic) bond motifs is 1. The molecule has 126 valence electrons. The first-order valence-corrected chi connectivity index (χ1v) is 8.30. The van der Waals surface area contributed by atoms with Crippen molar-refractivity contribution in [1.82, 2.24) is 4.57 Å². The lowest BCUT2D eigenvalue weighted by atomic mass is 9.84. The van der Waals surface area contributed by atoms with Crippen molar-refractivity contribution >= 4 is 16.9 Å². The van der Waals surface area contributed by atoms with Crippen LogP contribution in [0.5, 0.6) is 0 Å². The van der Waals surface area contributed by atoms with Crippen LogP contribution in [0.2, 0.25) is 0 Å². The normalized spacial score (nSPS) is 12.0. The third kappa shape index (κ3) is 3.58. The highest BCUT2D eigenvalue weighted by atomic mass is 16.4. The number of aryl methyl sites for hydroxylation is 1. The summed E-state index contributed by atoms with van der Waals surface area (Å²) in [6.07, 6.45) is 5.17. The summed E-state index contributed by atoms with van der Waals surface area (Å²) in [7, 11) is 0. The zero-order valence-electron chi connectivity index (χ0n) is 14.5. The summed E-state index contributed by atoms with van der Waals surface area (Å²) in [6, 6.07) is 3.56. The number of aliphatic hydroxyl groups is 1. The van der Waals surface area contributed by atoms with Crippen LogP contribution in [-0.2, 0) is 18.4 Å². The van der Waals surface area contributed by atoms with Crippen molar-refractivity contribution in [3.63, 3.8) is 0 Å². The van der Waals surface area contributed by atoms with Crippen molar-refractivity contribution in [2.45, 2.75) is 58.9 Å². The van der Waals surface area contributed by atoms with Gasteiger partial charge >= 0.3 is 5.97 Å². The Morgan fingerprint density at radius 3 is 2.48 bits per heavy atom. The van der Waals surface area contributed by atoms with Gasteiger partial charge in [0.15, 0.2) is 0 Å². The summed E-state index contributed by atoms with van der Waals surface area (Å²) >= 11 is 0. The van der Waals surface area contributed by atoms with Crippen LogP contribution in [0, 0.1) is 0 Å². The van der Waals surface area contributed by atoms with Crippen LogP contribution >= 0.6 is 0 Å². The molecule has 23 heavy (non-hydrogen) atoms. The average Bonchev–Trinajstić information content (AvgIpc) is 2.81. The minimum absolute atomic E-state index is 0.0707. The SMILES string of the molecule is CCCCc1cn(CCO)c2c(C(C)(C)C)cc(C(=O)O)cc12. The second-order valence-electron chi connectivity index (χ2n) is 7.15. The molecule has 0 unspecified atom stereocenters. The summed E-state index contributed by atoms with van der Waals surface area (Å²) in [6.45, 7) is 9.02. The molecule has 1 aromatic heterocycles. The van der Waals surface area contributed by atoms with Crippen molar-refractivity contribution in [2.75, 3.05) is 6.61 Å². The van der Waals surface area contributed by atoms with Gasteiger partial charge in [-0.1, -0.05) is 34.1 Å². The van der Waals surface area contributed by atoms with E-state index in [1.165, 1.54) is 5.56 Å². The fourth-order valence-corrected chi connectivity index (χ4v) is 3.06. The van der Waals surface area contributed by atoms with Crippen LogP contribution in [0.1, 0.15) is 62.0 Å². The van der Waals surface area contributed by atoms with Crippen LogP contribution in [0.4, 0.5) is 0 Å². The largest absolute Gasteiger partial charge is 0.478 e. The van der Waals surface area contributed by atoms with Crippen molar-refractivity contribution in [1.29, 1.82) is 0 Å². The zero-order chi connectivity index (χ0) is 17.2. The van der Waals surface area contributed by atoms with E-state index < -0.39 is 5.97 Å². The van der Waals surface area contributed by atoms with E-state index in [1.54, 1.807) is 12.1 Å². The molecule has 1 aromatic carbocycles. The number of aliphatic hydroxyl groups excluding tert-OH is 1. The molecule has 4 nitrogen and oxygen atoms in total. The maximum atomic E-state index is 11.5. The molecule has 4 heteroatoms. The first-order valence-electron chi connectivity index (χ1n) is 8.30. The smallest absolute Gasteiger partial charge is 0.335 e. The van der Waals surface area contributed by atoms with Crippen LogP contribution in [0.25, 0.3) is 10.9 Å². The highest BCUT2D eigenvalue weighted by Crippen LogP contribution is 2.34. The number of aromatic nitrogens is 1. The Morgan fingerprint density at radius 1 is 1.26 bits per heavy atom. The fourth-order valence-electron chi connectivity index (χ4n) is 3.06. The molecule has 0 spiro atoms. The number of nitrogens with zero attached hydrogens (tertiary/aromatic N) is 1. The number of rotatable bonds is 6. The van der Waals surface area contributed by atoms with E-state index in [2.05, 4.69) is 38.5 Å². The first-order chi connectivity index (χ1) is 10.8. The predicted octanol–water partition coefficient (Wildman–Crippen LogP) is 3.97. The number of hydrogen-bond donors (Lipinski definition) is 2. The number of unbranched alkanes of at least 4 members (excludes halogenated alkanes) is 1. The number of aromatic carboxylic acids is 1. The maximum Gasteiger partial charge on any atom is 0.335 e. The fraction of sp³-hybridized carbons (Fsp3) is 0.526. The van der Waals surface area contributed by atoms with E-state index in [0.717, 1.165) is 35.7 Å². The Labute approximate surface area is 137 Å². The summed E-state index contributed by atoms with van der Waals surface area (Å²) in [5.74, 6) is -0.895. The van der Waals surface area contributed by atoms with Crippen LogP contribution in [0.3, 0.4) is 0 Å². The quantitative estimate of drug-likeness (QED) is 0.847. The van der Waals surface area contributed by atoms with Crippen LogP contribution in [-0.4, -0.2) is 27.4 Å². The molecule has 2 rings (SSSR count). The number of hydrogen-bond acceptors (Lipinski definition) is 2. The molecular formula is C19H27NO3. The van der Waals surface area contributed by atoms with E-state index in [0.29, 0.717) is 12.1 Å². The molecule has 0 bridgehead atoms. The van der Waals surface area contributed by atoms with Crippen molar-refractivity contribution < 1.29 is 15.0 Å². The van der Waals surface area contributed by atoms with E-state index >= 15 is 0 Å². The lowest BCUT2D eigenvalue weighted by Gasteiger charge is -2.22. The maximum absolute atomic E-state index is 11.5. The summed E-state index contributed by atoms with van der Waals surface area (Å²) in [5, 5.41) is 19.9. The Balaban J connectivity index is 2.79. The molecule has 0 atom stereocenters. The molecule has 0 radical (unpaired) electrons. The first kappa shape index (κ1) is 17.5. The molecule has 1 heterocycles. The summed E-state index contributed by atoms with van der Waals surface area (Å²) in [4.78, 5) is 11.5. The molecular weight excluding hydrogens is 290 g/mol. The van der Waals surface area contributed by atoms with Gasteiger partial charge < -0.3 is 14.8 Å². The Bertz CT molecular complexity index is 707. The van der Waals surface area contributed by atoms with E-state index in [4.69, 9.17) is 0 Å². The molecule has 0 saturated heterocycles. The molecule has 0 aliphatic heterocycles. The summed E-state index contributed by atoms with van der Waals surface area (Å²) in [5.41, 5.74) is 3.41. The standard InChI is InChI=1S/C19H27NO3/c1-5-6-7-13-12-20(8-9-21)17-15(13)10-14(18(22)23)11-16(17)19(2,3)4/h10-12,21H,5-9H2,1-4H3,(H,22,23). The third-order valence-electron chi connectivity index (χ3n) is 4.25. The molecule has 2 N–H and O–H groups in total. The lowest BCUT2D eigenvalue weighted by molar-refractivity contribution is 0.0697. The number of carboxylic acids is 1. The van der Waals surface area contributed by atoms with E-state index in [-0.39, 0.29) is 12.0 Å². The van der Waals surface area contributed by atoms with Gasteiger partial charge in [-0.25, -0.2) is 4.79 Å². The van der Waals surface area contributed by atoms with Gasteiger partial charge in [-0.3, -0.25) is 0 Å². The van der Waals surface area contributed by atoms with Gasteiger partial charge in [0.1, 0.15) is 0 Å². The summed E-state index contributed by atoms with van der Waals surface area (Å²) < 4.78 is 2.08. The van der Waals surface area contributed by atoms with Gasteiger partial charge in [-0.05, 0) is 41.5 Å². The number of carboxylic acid groups (broad SMARTS) is 1. The average molecular weight is 317 g/mol. The van der Waals surface area contributed by atoms with Crippen molar-refractivity contribution in [3.05, 3.63) is 35.0 Å². The van der Waals surface area contributed by atoms with Crippen LogP contribution in [0.15, 0.2) is 18.3 Å². The monoisotopic (exact) mass is 317 g/mol. The highest BCUT2D eigenvalue weighted by Gasteiger charge is 2.23. The van der Waals surface area contributed by atoms with Gasteiger partial charge in [-0.2, -0.15) is 0 Å². The molecule has 0 amide bonds. The van der Waals surface area contributed by atoms with E-state index in [1.807, 2.05) is 0 Å². The van der Waals surface area contributed by atoms with Gasteiger partial charge in [0, 0.05) is 18.1 Å². The molecule has 2 aromatic rings. The molecule has 0 fully saturated rings. The van der Waals surface area contributed by atoms with Gasteiger partial charge in [0.2, 0.25) is 0 Å². The second kappa shape index (κ2) is 6.75. The Hall–Kier alpha value is -1.81. The van der Waals surface area contributed by atoms with E-state index in [9.17, 15) is 15.0 Å². The predicted molar refractivity (Wildman–Crippen MR) is 93.3 cm³/mol. The molecule has 0 aliphatic carbocycles. The number of carbonyl (C=O) groups is 1. The lowest BCUT2D eigenvalue weighted by Crippen LogP contribution is -2.15. The third-order valence-corrected chi connectivity index (χ3v) is 4.25. The van der Waals surface area contributed by atoms with Crippen LogP contribution < -0.4 is 0 Å². The molecule has 0 aliphatic rings. The molecule has 0 saturated carbocycles. The second-order valence-corrected chi connectivity index (χ2v) is 7.15. The minimum atomic E-state index is -0.895. The zero-order valence-corrected chi connectivity index (χ0v) is 14.5. The number of benzene rings is 1. The van der Waals surface area contributed by atoms with Gasteiger partial charge in [0.25, 0.3) is 0 Å².